The van der Waals surface area contributed by atoms with E-state index in [1.807, 2.05) is 42.5 Å². The maximum absolute atomic E-state index is 12.1. The molecule has 148 valence electrons. The van der Waals surface area contributed by atoms with Crippen molar-refractivity contribution in [3.63, 3.8) is 0 Å². The lowest BCUT2D eigenvalue weighted by Gasteiger charge is -2.30. The van der Waals surface area contributed by atoms with Crippen molar-refractivity contribution in [3.8, 4) is 10.8 Å². The van der Waals surface area contributed by atoms with Gasteiger partial charge >= 0.3 is 6.03 Å². The largest absolute Gasteiger partial charge is 0.333 e. The molecular weight excluding hydrogens is 400 g/mol. The summed E-state index contributed by atoms with van der Waals surface area (Å²) in [5.74, 6) is 1.13. The molecule has 3 N–H and O–H groups in total. The van der Waals surface area contributed by atoms with Crippen molar-refractivity contribution >= 4 is 40.5 Å². The van der Waals surface area contributed by atoms with Crippen LogP contribution < -0.4 is 16.0 Å². The van der Waals surface area contributed by atoms with Gasteiger partial charge in [0.1, 0.15) is 0 Å². The smallest absolute Gasteiger partial charge is 0.324 e. The Morgan fingerprint density at radius 2 is 2.07 bits per heavy atom. The summed E-state index contributed by atoms with van der Waals surface area (Å²) in [5, 5.41) is 13.8. The quantitative estimate of drug-likeness (QED) is 0.598. The van der Waals surface area contributed by atoms with Gasteiger partial charge in [-0.15, -0.1) is 23.7 Å². The van der Waals surface area contributed by atoms with Crippen LogP contribution in [0.25, 0.3) is 10.8 Å². The van der Waals surface area contributed by atoms with Crippen LogP contribution in [-0.2, 0) is 0 Å². The first kappa shape index (κ1) is 20.3. The first-order chi connectivity index (χ1) is 13.2. The van der Waals surface area contributed by atoms with E-state index in [-0.39, 0.29) is 24.5 Å². The number of hydrogen-bond donors (Lipinski definition) is 3. The minimum absolute atomic E-state index is 0. The van der Waals surface area contributed by atoms with E-state index in [1.54, 1.807) is 0 Å². The minimum atomic E-state index is -0.296. The molecule has 2 aromatic heterocycles. The van der Waals surface area contributed by atoms with E-state index in [9.17, 15) is 4.79 Å². The molecule has 8 nitrogen and oxygen atoms in total. The molecule has 1 saturated heterocycles. The normalized spacial score (nSPS) is 17.0. The fraction of sp³-hybridized carbons (Fsp3) is 0.278. The number of likely N-dealkylation sites (N-methyl/N-ethyl adjacent to an activating group) is 1. The molecule has 0 radical (unpaired) electrons. The highest BCUT2D eigenvalue weighted by molar-refractivity contribution is 7.19. The predicted octanol–water partition coefficient (Wildman–Crippen LogP) is 3.44. The lowest BCUT2D eigenvalue weighted by atomic mass is 10.2. The van der Waals surface area contributed by atoms with Gasteiger partial charge in [-0.1, -0.05) is 23.4 Å². The first-order valence-electron chi connectivity index (χ1n) is 8.67. The van der Waals surface area contributed by atoms with Crippen LogP contribution in [0.4, 0.5) is 15.5 Å². The van der Waals surface area contributed by atoms with E-state index in [0.717, 1.165) is 30.2 Å². The van der Waals surface area contributed by atoms with E-state index in [4.69, 9.17) is 4.52 Å². The molecule has 2 amide bonds. The highest BCUT2D eigenvalue weighted by Crippen LogP contribution is 2.31. The molecule has 1 aromatic carbocycles. The second-order valence-corrected chi connectivity index (χ2v) is 7.35. The van der Waals surface area contributed by atoms with Gasteiger partial charge in [-0.3, -0.25) is 10.2 Å². The Morgan fingerprint density at radius 1 is 1.25 bits per heavy atom. The Bertz CT molecular complexity index is 916. The SMILES string of the molecule is CN1CCNCC1c1noc(-c2ccc(NC(=O)Nc3ccccc3)s2)n1.Cl. The van der Waals surface area contributed by atoms with E-state index in [2.05, 4.69) is 38.0 Å². The van der Waals surface area contributed by atoms with Gasteiger partial charge in [0.05, 0.1) is 15.9 Å². The standard InChI is InChI=1S/C18H20N6O2S.ClH/c1-24-10-9-19-11-13(24)16-22-17(26-23-16)14-7-8-15(27-14)21-18(25)20-12-5-3-2-4-6-12;/h2-8,13,19H,9-11H2,1H3,(H2,20,21,25);1H. The minimum Gasteiger partial charge on any atom is -0.333 e. The maximum Gasteiger partial charge on any atom is 0.324 e. The summed E-state index contributed by atoms with van der Waals surface area (Å²) in [6, 6.07) is 12.8. The number of hydrogen-bond acceptors (Lipinski definition) is 7. The van der Waals surface area contributed by atoms with Crippen LogP contribution in [0.1, 0.15) is 11.9 Å². The molecule has 4 rings (SSSR count). The number of para-hydroxylation sites is 1. The Balaban J connectivity index is 0.00000225. The van der Waals surface area contributed by atoms with Gasteiger partial charge in [0.2, 0.25) is 0 Å². The van der Waals surface area contributed by atoms with E-state index < -0.39 is 0 Å². The van der Waals surface area contributed by atoms with Gasteiger partial charge in [-0.05, 0) is 31.3 Å². The van der Waals surface area contributed by atoms with E-state index in [1.165, 1.54) is 11.3 Å². The van der Waals surface area contributed by atoms with Gasteiger partial charge in [0.25, 0.3) is 5.89 Å². The molecule has 1 fully saturated rings. The Labute approximate surface area is 172 Å². The zero-order chi connectivity index (χ0) is 18.6. The summed E-state index contributed by atoms with van der Waals surface area (Å²) < 4.78 is 5.43. The molecule has 0 saturated carbocycles. The molecule has 1 aliphatic heterocycles. The molecule has 28 heavy (non-hydrogen) atoms. The summed E-state index contributed by atoms with van der Waals surface area (Å²) >= 11 is 1.39. The molecular formula is C18H21ClN6O2S. The highest BCUT2D eigenvalue weighted by atomic mass is 35.5. The maximum atomic E-state index is 12.1. The molecule has 10 heteroatoms. The van der Waals surface area contributed by atoms with Crippen molar-refractivity contribution in [3.05, 3.63) is 48.3 Å². The van der Waals surface area contributed by atoms with Gasteiger partial charge < -0.3 is 15.2 Å². The third-order valence-corrected chi connectivity index (χ3v) is 5.32. The van der Waals surface area contributed by atoms with Crippen molar-refractivity contribution in [2.24, 2.45) is 0 Å². The number of thiophene rings is 1. The molecule has 3 heterocycles. The number of piperazine rings is 1. The fourth-order valence-electron chi connectivity index (χ4n) is 2.88. The lowest BCUT2D eigenvalue weighted by Crippen LogP contribution is -2.44. The van der Waals surface area contributed by atoms with Crippen molar-refractivity contribution in [1.82, 2.24) is 20.4 Å². The van der Waals surface area contributed by atoms with Crippen LogP contribution >= 0.6 is 23.7 Å². The van der Waals surface area contributed by atoms with Crippen LogP contribution in [0, 0.1) is 0 Å². The number of halogens is 1. The summed E-state index contributed by atoms with van der Waals surface area (Å²) in [7, 11) is 2.06. The van der Waals surface area contributed by atoms with Gasteiger partial charge in [0.15, 0.2) is 5.82 Å². The molecule has 1 unspecified atom stereocenters. The van der Waals surface area contributed by atoms with E-state index >= 15 is 0 Å². The number of amides is 2. The number of urea groups is 1. The molecule has 0 spiro atoms. The number of nitrogens with zero attached hydrogens (tertiary/aromatic N) is 3. The highest BCUT2D eigenvalue weighted by Gasteiger charge is 2.25. The number of aromatic nitrogens is 2. The third kappa shape index (κ3) is 4.68. The predicted molar refractivity (Wildman–Crippen MR) is 112 cm³/mol. The zero-order valence-corrected chi connectivity index (χ0v) is 16.8. The molecule has 0 aliphatic carbocycles. The zero-order valence-electron chi connectivity index (χ0n) is 15.2. The summed E-state index contributed by atoms with van der Waals surface area (Å²) in [6.45, 7) is 2.70. The second kappa shape index (κ2) is 9.16. The fourth-order valence-corrected chi connectivity index (χ4v) is 3.70. The Kier molecular flexibility index (Phi) is 6.63. The Hall–Kier alpha value is -2.46. The summed E-state index contributed by atoms with van der Waals surface area (Å²) in [4.78, 5) is 19.7. The van der Waals surface area contributed by atoms with Gasteiger partial charge in [0, 0.05) is 25.3 Å². The summed E-state index contributed by atoms with van der Waals surface area (Å²) in [5.41, 5.74) is 0.735. The monoisotopic (exact) mass is 420 g/mol. The van der Waals surface area contributed by atoms with E-state index in [0.29, 0.717) is 16.7 Å². The van der Waals surface area contributed by atoms with Crippen molar-refractivity contribution in [2.45, 2.75) is 6.04 Å². The van der Waals surface area contributed by atoms with Crippen molar-refractivity contribution < 1.29 is 9.32 Å². The van der Waals surface area contributed by atoms with Crippen LogP contribution in [0.2, 0.25) is 0 Å². The molecule has 0 bridgehead atoms. The van der Waals surface area contributed by atoms with Crippen LogP contribution in [0.15, 0.2) is 47.0 Å². The number of nitrogens with one attached hydrogen (secondary N) is 3. The molecule has 1 aliphatic rings. The topological polar surface area (TPSA) is 95.3 Å². The number of rotatable bonds is 4. The lowest BCUT2D eigenvalue weighted by molar-refractivity contribution is 0.190. The summed E-state index contributed by atoms with van der Waals surface area (Å²) in [6.07, 6.45) is 0. The number of carbonyl (C=O) groups excluding carboxylic acids is 1. The molecule has 3 aromatic rings. The first-order valence-corrected chi connectivity index (χ1v) is 9.48. The molecule has 1 atom stereocenters. The van der Waals surface area contributed by atoms with Crippen LogP contribution in [0.5, 0.6) is 0 Å². The number of benzene rings is 1. The van der Waals surface area contributed by atoms with Gasteiger partial charge in [-0.2, -0.15) is 4.98 Å². The van der Waals surface area contributed by atoms with Crippen LogP contribution in [-0.4, -0.2) is 47.8 Å². The van der Waals surface area contributed by atoms with Crippen LogP contribution in [0.3, 0.4) is 0 Å². The van der Waals surface area contributed by atoms with Gasteiger partial charge in [-0.25, -0.2) is 4.79 Å². The second-order valence-electron chi connectivity index (χ2n) is 6.27. The Morgan fingerprint density at radius 3 is 2.86 bits per heavy atom. The average molecular weight is 421 g/mol. The number of carbonyl (C=O) groups is 1. The third-order valence-electron chi connectivity index (χ3n) is 4.34. The van der Waals surface area contributed by atoms with Crippen molar-refractivity contribution in [2.75, 3.05) is 37.3 Å². The number of anilines is 2. The van der Waals surface area contributed by atoms with Crippen molar-refractivity contribution in [1.29, 1.82) is 0 Å². The average Bonchev–Trinajstić information content (AvgIpc) is 3.32.